The molecule has 0 atom stereocenters. The standard InChI is InChI=1S/C11H12F3N5/c12-11(13,14)8-5-9(15)18-10(6-8)17-2-4-19-3-1-16-7-19/h1,3,5-7H,2,4H2,(H3,15,17,18). The maximum absolute atomic E-state index is 12.6. The summed E-state index contributed by atoms with van der Waals surface area (Å²) in [7, 11) is 0. The lowest BCUT2D eigenvalue weighted by molar-refractivity contribution is -0.137. The van der Waals surface area contributed by atoms with Crippen molar-refractivity contribution in [3.05, 3.63) is 36.4 Å². The summed E-state index contributed by atoms with van der Waals surface area (Å²) in [6, 6.07) is 1.74. The van der Waals surface area contributed by atoms with Crippen molar-refractivity contribution in [3.8, 4) is 0 Å². The average Bonchev–Trinajstić information content (AvgIpc) is 2.80. The van der Waals surface area contributed by atoms with Crippen LogP contribution in [0.3, 0.4) is 0 Å². The van der Waals surface area contributed by atoms with Crippen molar-refractivity contribution in [1.29, 1.82) is 0 Å². The monoisotopic (exact) mass is 271 g/mol. The van der Waals surface area contributed by atoms with Crippen LogP contribution in [0, 0.1) is 0 Å². The highest BCUT2D eigenvalue weighted by atomic mass is 19.4. The number of nitrogens with zero attached hydrogens (tertiary/aromatic N) is 3. The molecule has 0 unspecified atom stereocenters. The van der Waals surface area contributed by atoms with Gasteiger partial charge in [0.1, 0.15) is 11.6 Å². The lowest BCUT2D eigenvalue weighted by Crippen LogP contribution is -2.13. The number of nitrogens with one attached hydrogen (secondary N) is 1. The van der Waals surface area contributed by atoms with Crippen LogP contribution in [-0.4, -0.2) is 21.1 Å². The first kappa shape index (κ1) is 13.2. The molecule has 2 aromatic rings. The number of rotatable bonds is 4. The predicted molar refractivity (Wildman–Crippen MR) is 64.4 cm³/mol. The predicted octanol–water partition coefficient (Wildman–Crippen LogP) is 1.99. The highest BCUT2D eigenvalue weighted by molar-refractivity contribution is 5.47. The Labute approximate surface area is 107 Å². The first-order valence-electron chi connectivity index (χ1n) is 5.49. The number of anilines is 2. The van der Waals surface area contributed by atoms with Crippen molar-refractivity contribution >= 4 is 11.6 Å². The molecule has 2 rings (SSSR count). The minimum Gasteiger partial charge on any atom is -0.384 e. The fourth-order valence-corrected chi connectivity index (χ4v) is 1.54. The van der Waals surface area contributed by atoms with E-state index in [1.807, 2.05) is 0 Å². The molecule has 0 radical (unpaired) electrons. The maximum Gasteiger partial charge on any atom is 0.416 e. The number of aromatic nitrogens is 3. The Morgan fingerprint density at radius 1 is 1.32 bits per heavy atom. The van der Waals surface area contributed by atoms with Crippen LogP contribution >= 0.6 is 0 Å². The lowest BCUT2D eigenvalue weighted by atomic mass is 10.2. The molecular weight excluding hydrogens is 259 g/mol. The Hall–Kier alpha value is -2.25. The Morgan fingerprint density at radius 3 is 2.74 bits per heavy atom. The molecule has 0 bridgehead atoms. The van der Waals surface area contributed by atoms with Crippen LogP contribution < -0.4 is 11.1 Å². The molecular formula is C11H12F3N5. The highest BCUT2D eigenvalue weighted by Crippen LogP contribution is 2.31. The van der Waals surface area contributed by atoms with E-state index >= 15 is 0 Å². The molecule has 0 aliphatic rings. The van der Waals surface area contributed by atoms with Crippen molar-refractivity contribution in [2.45, 2.75) is 12.7 Å². The number of hydrogen-bond acceptors (Lipinski definition) is 4. The van der Waals surface area contributed by atoms with Crippen LogP contribution in [0.2, 0.25) is 0 Å². The summed E-state index contributed by atoms with van der Waals surface area (Å²) in [5.74, 6) is -0.0626. The summed E-state index contributed by atoms with van der Waals surface area (Å²) < 4.78 is 39.5. The number of halogens is 3. The normalized spacial score (nSPS) is 11.5. The summed E-state index contributed by atoms with van der Waals surface area (Å²) in [6.07, 6.45) is 0.573. The van der Waals surface area contributed by atoms with Crippen LogP contribution in [0.4, 0.5) is 24.8 Å². The third-order valence-corrected chi connectivity index (χ3v) is 2.41. The molecule has 8 heteroatoms. The molecule has 0 aromatic carbocycles. The summed E-state index contributed by atoms with van der Waals surface area (Å²) >= 11 is 0. The first-order valence-corrected chi connectivity index (χ1v) is 5.49. The Kier molecular flexibility index (Phi) is 3.59. The quantitative estimate of drug-likeness (QED) is 0.892. The topological polar surface area (TPSA) is 68.8 Å². The molecule has 3 N–H and O–H groups in total. The van der Waals surface area contributed by atoms with E-state index in [0.29, 0.717) is 13.1 Å². The molecule has 5 nitrogen and oxygen atoms in total. The van der Waals surface area contributed by atoms with Crippen LogP contribution in [0.15, 0.2) is 30.9 Å². The van der Waals surface area contributed by atoms with Crippen LogP contribution in [0.1, 0.15) is 5.56 Å². The zero-order valence-electron chi connectivity index (χ0n) is 9.85. The van der Waals surface area contributed by atoms with Gasteiger partial charge >= 0.3 is 6.18 Å². The Bertz CT molecular complexity index is 536. The minimum atomic E-state index is -4.43. The zero-order valence-corrected chi connectivity index (χ0v) is 9.85. The number of nitrogens with two attached hydrogens (primary N) is 1. The van der Waals surface area contributed by atoms with E-state index in [0.717, 1.165) is 12.1 Å². The third kappa shape index (κ3) is 3.60. The largest absolute Gasteiger partial charge is 0.416 e. The van der Waals surface area contributed by atoms with E-state index in [4.69, 9.17) is 5.73 Å². The van der Waals surface area contributed by atoms with Crippen LogP contribution in [0.25, 0.3) is 0 Å². The summed E-state index contributed by atoms with van der Waals surface area (Å²) in [5, 5.41) is 2.80. The van der Waals surface area contributed by atoms with Gasteiger partial charge in [-0.05, 0) is 12.1 Å². The van der Waals surface area contributed by atoms with E-state index < -0.39 is 11.7 Å². The summed E-state index contributed by atoms with van der Waals surface area (Å²) in [5.41, 5.74) is 4.54. The van der Waals surface area contributed by atoms with E-state index in [1.165, 1.54) is 0 Å². The van der Waals surface area contributed by atoms with Gasteiger partial charge in [-0.25, -0.2) is 9.97 Å². The van der Waals surface area contributed by atoms with Crippen molar-refractivity contribution in [1.82, 2.24) is 14.5 Å². The first-order chi connectivity index (χ1) is 8.95. The SMILES string of the molecule is Nc1cc(C(F)(F)F)cc(NCCn2ccnc2)n1. The smallest absolute Gasteiger partial charge is 0.384 e. The lowest BCUT2D eigenvalue weighted by Gasteiger charge is -2.11. The van der Waals surface area contributed by atoms with Gasteiger partial charge in [-0.2, -0.15) is 13.2 Å². The van der Waals surface area contributed by atoms with Crippen molar-refractivity contribution < 1.29 is 13.2 Å². The molecule has 19 heavy (non-hydrogen) atoms. The van der Waals surface area contributed by atoms with E-state index in [2.05, 4.69) is 15.3 Å². The van der Waals surface area contributed by atoms with Gasteiger partial charge in [0, 0.05) is 25.5 Å². The van der Waals surface area contributed by atoms with Gasteiger partial charge < -0.3 is 15.6 Å². The van der Waals surface area contributed by atoms with Crippen molar-refractivity contribution in [2.75, 3.05) is 17.6 Å². The van der Waals surface area contributed by atoms with E-state index in [1.54, 1.807) is 23.3 Å². The fourth-order valence-electron chi connectivity index (χ4n) is 1.54. The molecule has 2 aromatic heterocycles. The van der Waals surface area contributed by atoms with Gasteiger partial charge in [0.2, 0.25) is 0 Å². The second-order valence-electron chi connectivity index (χ2n) is 3.89. The Morgan fingerprint density at radius 2 is 2.11 bits per heavy atom. The second kappa shape index (κ2) is 5.17. The number of imidazole rings is 1. The molecule has 2 heterocycles. The van der Waals surface area contributed by atoms with E-state index in [9.17, 15) is 13.2 Å². The molecule has 102 valence electrons. The number of pyridine rings is 1. The minimum absolute atomic E-state index is 0.104. The third-order valence-electron chi connectivity index (χ3n) is 2.41. The van der Waals surface area contributed by atoms with Crippen molar-refractivity contribution in [2.24, 2.45) is 0 Å². The van der Waals surface area contributed by atoms with Crippen LogP contribution in [0.5, 0.6) is 0 Å². The van der Waals surface area contributed by atoms with Gasteiger partial charge in [0.25, 0.3) is 0 Å². The molecule has 0 saturated carbocycles. The maximum atomic E-state index is 12.6. The number of alkyl halides is 3. The second-order valence-corrected chi connectivity index (χ2v) is 3.89. The molecule has 0 fully saturated rings. The van der Waals surface area contributed by atoms with Gasteiger partial charge in [-0.3, -0.25) is 0 Å². The van der Waals surface area contributed by atoms with Gasteiger partial charge in [-0.1, -0.05) is 0 Å². The van der Waals surface area contributed by atoms with Gasteiger partial charge in [-0.15, -0.1) is 0 Å². The number of nitrogen functional groups attached to an aromatic ring is 1. The molecule has 0 saturated heterocycles. The molecule has 0 aliphatic carbocycles. The zero-order chi connectivity index (χ0) is 13.9. The highest BCUT2D eigenvalue weighted by Gasteiger charge is 2.31. The molecule has 0 spiro atoms. The van der Waals surface area contributed by atoms with Crippen molar-refractivity contribution in [3.63, 3.8) is 0 Å². The van der Waals surface area contributed by atoms with E-state index in [-0.39, 0.29) is 11.6 Å². The van der Waals surface area contributed by atoms with Gasteiger partial charge in [0.15, 0.2) is 0 Å². The Balaban J connectivity index is 2.02. The number of hydrogen-bond donors (Lipinski definition) is 2. The average molecular weight is 271 g/mol. The summed E-state index contributed by atoms with van der Waals surface area (Å²) in [4.78, 5) is 7.67. The summed E-state index contributed by atoms with van der Waals surface area (Å²) in [6.45, 7) is 0.988. The molecule has 0 amide bonds. The molecule has 0 aliphatic heterocycles. The van der Waals surface area contributed by atoms with Crippen LogP contribution in [-0.2, 0) is 12.7 Å². The van der Waals surface area contributed by atoms with Gasteiger partial charge in [0.05, 0.1) is 11.9 Å². The fraction of sp³-hybridized carbons (Fsp3) is 0.273.